The van der Waals surface area contributed by atoms with Crippen molar-refractivity contribution in [1.82, 2.24) is 9.55 Å². The quantitative estimate of drug-likeness (QED) is 0.299. The van der Waals surface area contributed by atoms with E-state index in [0.717, 1.165) is 22.4 Å². The second-order valence-corrected chi connectivity index (χ2v) is 8.92. The van der Waals surface area contributed by atoms with Crippen LogP contribution in [-0.4, -0.2) is 26.7 Å². The number of pyridine rings is 2. The predicted molar refractivity (Wildman–Crippen MR) is 144 cm³/mol. The molecule has 8 nitrogen and oxygen atoms in total. The smallest absolute Gasteiger partial charge is 0.323 e. The monoisotopic (exact) mass is 496 g/mol. The van der Waals surface area contributed by atoms with Crippen molar-refractivity contribution in [2.24, 2.45) is 0 Å². The first kappa shape index (κ1) is 25.4. The molecule has 188 valence electrons. The van der Waals surface area contributed by atoms with Gasteiger partial charge in [-0.05, 0) is 59.9 Å². The number of amides is 2. The van der Waals surface area contributed by atoms with Crippen LogP contribution in [0, 0.1) is 6.92 Å². The molecule has 1 atom stereocenters. The van der Waals surface area contributed by atoms with E-state index in [1.165, 1.54) is 6.20 Å². The van der Waals surface area contributed by atoms with E-state index in [1.54, 1.807) is 35.0 Å². The molecule has 2 heterocycles. The van der Waals surface area contributed by atoms with Crippen molar-refractivity contribution >= 4 is 23.4 Å². The number of aromatic nitrogens is 2. The summed E-state index contributed by atoms with van der Waals surface area (Å²) in [6.07, 6.45) is 3.30. The highest BCUT2D eigenvalue weighted by atomic mass is 16.4. The Morgan fingerprint density at radius 2 is 1.73 bits per heavy atom. The Kier molecular flexibility index (Phi) is 7.78. The van der Waals surface area contributed by atoms with Crippen LogP contribution < -0.4 is 16.2 Å². The molecule has 4 aromatic rings. The van der Waals surface area contributed by atoms with Crippen LogP contribution in [0.4, 0.5) is 16.2 Å². The van der Waals surface area contributed by atoms with Gasteiger partial charge in [-0.3, -0.25) is 14.6 Å². The first-order valence-electron chi connectivity index (χ1n) is 11.9. The summed E-state index contributed by atoms with van der Waals surface area (Å²) in [4.78, 5) is 40.8. The number of nitrogens with zero attached hydrogens (tertiary/aromatic N) is 2. The zero-order chi connectivity index (χ0) is 26.4. The number of para-hydroxylation sites is 1. The van der Waals surface area contributed by atoms with E-state index in [9.17, 15) is 14.4 Å². The fraction of sp³-hybridized carbons (Fsp3) is 0.172. The summed E-state index contributed by atoms with van der Waals surface area (Å²) in [6.45, 7) is 4.16. The van der Waals surface area contributed by atoms with Crippen LogP contribution in [0.3, 0.4) is 0 Å². The average Bonchev–Trinajstić information content (AvgIpc) is 2.87. The lowest BCUT2D eigenvalue weighted by Crippen LogP contribution is -2.22. The van der Waals surface area contributed by atoms with Gasteiger partial charge in [0.15, 0.2) is 0 Å². The maximum atomic E-state index is 13.1. The Morgan fingerprint density at radius 3 is 2.41 bits per heavy atom. The van der Waals surface area contributed by atoms with E-state index < -0.39 is 5.97 Å². The minimum absolute atomic E-state index is 0.0690. The van der Waals surface area contributed by atoms with Gasteiger partial charge in [-0.25, -0.2) is 4.79 Å². The van der Waals surface area contributed by atoms with Crippen molar-refractivity contribution in [3.05, 3.63) is 112 Å². The van der Waals surface area contributed by atoms with Crippen molar-refractivity contribution in [3.63, 3.8) is 0 Å². The first-order valence-corrected chi connectivity index (χ1v) is 11.9. The van der Waals surface area contributed by atoms with E-state index in [1.807, 2.05) is 62.4 Å². The number of aryl methyl sites for hydroxylation is 1. The van der Waals surface area contributed by atoms with Crippen LogP contribution in [-0.2, 0) is 11.3 Å². The molecule has 0 aliphatic rings. The van der Waals surface area contributed by atoms with Crippen LogP contribution in [0.2, 0.25) is 0 Å². The minimum Gasteiger partial charge on any atom is -0.481 e. The highest BCUT2D eigenvalue weighted by Crippen LogP contribution is 2.20. The fourth-order valence-electron chi connectivity index (χ4n) is 4.01. The van der Waals surface area contributed by atoms with Crippen LogP contribution in [0.15, 0.2) is 90.0 Å². The lowest BCUT2D eigenvalue weighted by Gasteiger charge is -2.12. The maximum absolute atomic E-state index is 13.1. The first-order chi connectivity index (χ1) is 17.8. The molecule has 0 saturated heterocycles. The van der Waals surface area contributed by atoms with Gasteiger partial charge in [-0.2, -0.15) is 0 Å². The fourth-order valence-corrected chi connectivity index (χ4v) is 4.01. The number of rotatable bonds is 8. The second kappa shape index (κ2) is 11.3. The van der Waals surface area contributed by atoms with E-state index in [2.05, 4.69) is 15.6 Å². The molecule has 0 spiro atoms. The molecule has 8 heteroatoms. The van der Waals surface area contributed by atoms with Gasteiger partial charge in [-0.1, -0.05) is 49.4 Å². The third-order valence-electron chi connectivity index (χ3n) is 6.09. The van der Waals surface area contributed by atoms with Crippen molar-refractivity contribution in [2.75, 3.05) is 10.6 Å². The molecule has 0 aliphatic heterocycles. The number of aliphatic carboxylic acids is 1. The SMILES string of the molecule is Cc1ccccc1NC(=O)Nc1ccc(-c2cccn(Cc3ccc([C@@H](C)CC(=O)O)cc3)c2=O)nc1. The number of carbonyl (C=O) groups is 2. The van der Waals surface area contributed by atoms with Gasteiger partial charge >= 0.3 is 12.0 Å². The molecule has 0 saturated carbocycles. The Labute approximate surface area is 214 Å². The summed E-state index contributed by atoms with van der Waals surface area (Å²) in [5.74, 6) is -0.919. The Morgan fingerprint density at radius 1 is 0.973 bits per heavy atom. The average molecular weight is 497 g/mol. The summed E-state index contributed by atoms with van der Waals surface area (Å²) >= 11 is 0. The lowest BCUT2D eigenvalue weighted by molar-refractivity contribution is -0.137. The summed E-state index contributed by atoms with van der Waals surface area (Å²) in [6, 6.07) is 21.7. The standard InChI is InChI=1S/C29H28N4O4/c1-19-6-3-4-8-25(19)32-29(37)31-23-13-14-26(30-17-23)24-7-5-15-33(28(24)36)18-21-9-11-22(12-10-21)20(2)16-27(34)35/h3-15,17,20H,16,18H2,1-2H3,(H,34,35)(H2,31,32,37)/t20-/m0/s1. The summed E-state index contributed by atoms with van der Waals surface area (Å²) in [5.41, 5.74) is 4.82. The minimum atomic E-state index is -0.831. The lowest BCUT2D eigenvalue weighted by atomic mass is 9.97. The van der Waals surface area contributed by atoms with Crippen LogP contribution in [0.1, 0.15) is 36.0 Å². The van der Waals surface area contributed by atoms with Gasteiger partial charge < -0.3 is 20.3 Å². The topological polar surface area (TPSA) is 113 Å². The third kappa shape index (κ3) is 6.49. The molecule has 37 heavy (non-hydrogen) atoms. The molecule has 0 radical (unpaired) electrons. The predicted octanol–water partition coefficient (Wildman–Crippen LogP) is 5.49. The number of benzene rings is 2. The molecular formula is C29H28N4O4. The number of nitrogens with one attached hydrogen (secondary N) is 2. The molecule has 0 bridgehead atoms. The molecule has 4 rings (SSSR count). The summed E-state index contributed by atoms with van der Waals surface area (Å²) < 4.78 is 1.61. The number of carboxylic acids is 1. The highest BCUT2D eigenvalue weighted by molar-refractivity contribution is 6.00. The zero-order valence-corrected chi connectivity index (χ0v) is 20.6. The Bertz CT molecular complexity index is 1460. The normalized spacial score (nSPS) is 11.5. The third-order valence-corrected chi connectivity index (χ3v) is 6.09. The number of urea groups is 1. The van der Waals surface area contributed by atoms with Crippen LogP contribution >= 0.6 is 0 Å². The highest BCUT2D eigenvalue weighted by Gasteiger charge is 2.12. The molecule has 0 unspecified atom stereocenters. The molecule has 0 fully saturated rings. The summed E-state index contributed by atoms with van der Waals surface area (Å²) in [5, 5.41) is 14.6. The van der Waals surface area contributed by atoms with Crippen molar-refractivity contribution in [1.29, 1.82) is 0 Å². The van der Waals surface area contributed by atoms with Gasteiger partial charge in [-0.15, -0.1) is 0 Å². The van der Waals surface area contributed by atoms with E-state index >= 15 is 0 Å². The zero-order valence-electron chi connectivity index (χ0n) is 20.6. The number of anilines is 2. The molecule has 2 aromatic heterocycles. The van der Waals surface area contributed by atoms with E-state index in [-0.39, 0.29) is 23.9 Å². The van der Waals surface area contributed by atoms with E-state index in [0.29, 0.717) is 23.5 Å². The van der Waals surface area contributed by atoms with Gasteiger partial charge in [0.25, 0.3) is 5.56 Å². The van der Waals surface area contributed by atoms with Crippen molar-refractivity contribution < 1.29 is 14.7 Å². The molecular weight excluding hydrogens is 468 g/mol. The maximum Gasteiger partial charge on any atom is 0.323 e. The number of hydrogen-bond donors (Lipinski definition) is 3. The summed E-state index contributed by atoms with van der Waals surface area (Å²) in [7, 11) is 0. The molecule has 2 amide bonds. The second-order valence-electron chi connectivity index (χ2n) is 8.92. The van der Waals surface area contributed by atoms with Gasteiger partial charge in [0.05, 0.1) is 36.1 Å². The molecule has 0 aliphatic carbocycles. The molecule has 2 aromatic carbocycles. The van der Waals surface area contributed by atoms with Crippen molar-refractivity contribution in [3.8, 4) is 11.3 Å². The largest absolute Gasteiger partial charge is 0.481 e. The van der Waals surface area contributed by atoms with Gasteiger partial charge in [0, 0.05) is 11.9 Å². The van der Waals surface area contributed by atoms with Crippen molar-refractivity contribution in [2.45, 2.75) is 32.7 Å². The van der Waals surface area contributed by atoms with Gasteiger partial charge in [0.1, 0.15) is 0 Å². The Balaban J connectivity index is 1.44. The van der Waals surface area contributed by atoms with Gasteiger partial charge in [0.2, 0.25) is 0 Å². The number of hydrogen-bond acceptors (Lipinski definition) is 4. The molecule has 3 N–H and O–H groups in total. The van der Waals surface area contributed by atoms with Crippen LogP contribution in [0.5, 0.6) is 0 Å². The number of carboxylic acid groups (broad SMARTS) is 1. The Hall–Kier alpha value is -4.72. The van der Waals surface area contributed by atoms with Crippen LogP contribution in [0.25, 0.3) is 11.3 Å². The number of carbonyl (C=O) groups excluding carboxylic acids is 1. The van der Waals surface area contributed by atoms with E-state index in [4.69, 9.17) is 5.11 Å².